The van der Waals surface area contributed by atoms with Crippen molar-refractivity contribution in [3.8, 4) is 0 Å². The minimum atomic E-state index is 0. The van der Waals surface area contributed by atoms with Gasteiger partial charge in [0.25, 0.3) is 0 Å². The van der Waals surface area contributed by atoms with Crippen molar-refractivity contribution in [2.75, 3.05) is 0 Å². The Balaban J connectivity index is -0.0000000150. The molecule has 12 heavy (non-hydrogen) atoms. The second kappa shape index (κ2) is 29.6. The van der Waals surface area contributed by atoms with Crippen LogP contribution in [0.3, 0.4) is 0 Å². The molecule has 1 aromatic rings. The molecular weight excluding hydrogens is 529 g/mol. The van der Waals surface area contributed by atoms with Crippen molar-refractivity contribution in [1.82, 2.24) is 0 Å². The molecule has 0 unspecified atom stereocenters. The van der Waals surface area contributed by atoms with Crippen LogP contribution in [-0.4, -0.2) is 0 Å². The molecule has 1 aromatic carbocycles. The Bertz CT molecular complexity index is 83.7. The van der Waals surface area contributed by atoms with E-state index in [9.17, 15) is 0 Å². The minimum Gasteiger partial charge on any atom is -0.358 e. The number of rotatable bonds is 0. The molecule has 0 aliphatic heterocycles. The van der Waals surface area contributed by atoms with Crippen LogP contribution in [-0.2, 0) is 164 Å². The Kier molecular flexibility index (Phi) is 88.8. The van der Waals surface area contributed by atoms with Crippen molar-refractivity contribution >= 4 is 0 Å². The van der Waals surface area contributed by atoms with Crippen molar-refractivity contribution in [1.29, 1.82) is 0 Å². The molecule has 5 heteroatoms. The van der Waals surface area contributed by atoms with Crippen LogP contribution >= 0.6 is 0 Å². The van der Waals surface area contributed by atoms with Crippen molar-refractivity contribution in [2.45, 2.75) is 0 Å². The van der Waals surface area contributed by atoms with Crippen molar-refractivity contribution in [3.05, 3.63) is 43.8 Å². The summed E-state index contributed by atoms with van der Waals surface area (Å²) < 4.78 is 0. The van der Waals surface area contributed by atoms with Gasteiger partial charge >= 0.3 is 0 Å². The second-order valence-electron chi connectivity index (χ2n) is 1.15. The summed E-state index contributed by atoms with van der Waals surface area (Å²) in [4.78, 5) is 0. The van der Waals surface area contributed by atoms with Crippen LogP contribution < -0.4 is 0 Å². The van der Waals surface area contributed by atoms with Crippen molar-refractivity contribution in [2.24, 2.45) is 0 Å². The van der Waals surface area contributed by atoms with E-state index in [0.29, 0.717) is 0 Å². The first kappa shape index (κ1) is 36.0. The zero-order valence-corrected chi connectivity index (χ0v) is 21.5. The fourth-order valence-electron chi connectivity index (χ4n) is 0.385. The molecule has 0 aliphatic rings. The van der Waals surface area contributed by atoms with Gasteiger partial charge in [0.15, 0.2) is 0 Å². The third-order valence-corrected chi connectivity index (χ3v) is 0.667. The van der Waals surface area contributed by atoms with E-state index in [1.54, 1.807) is 0 Å². The van der Waals surface area contributed by atoms with Crippen molar-refractivity contribution < 1.29 is 164 Å². The van der Waals surface area contributed by atoms with Gasteiger partial charge in [-0.2, -0.15) is 0 Å². The van der Waals surface area contributed by atoms with E-state index in [1.807, 2.05) is 36.4 Å². The first-order valence-electron chi connectivity index (χ1n) is 2.00. The normalized spacial score (nSPS) is 4.00. The number of hydrogen-bond donors (Lipinski definition) is 0. The van der Waals surface area contributed by atoms with Gasteiger partial charge < -0.3 is 7.43 Å². The quantitative estimate of drug-likeness (QED) is 0.445. The molecule has 0 saturated heterocycles. The molecule has 0 atom stereocenters. The molecule has 0 nitrogen and oxygen atoms in total. The van der Waals surface area contributed by atoms with E-state index in [-0.39, 0.29) is 171 Å². The summed E-state index contributed by atoms with van der Waals surface area (Å²) in [6, 6.07) is 12.0. The van der Waals surface area contributed by atoms with Crippen LogP contribution in [0.15, 0.2) is 36.4 Å². The smallest absolute Gasteiger partial charge is 0 e. The summed E-state index contributed by atoms with van der Waals surface area (Å²) in [7, 11) is 0. The molecule has 0 bridgehead atoms. The molecule has 0 amide bonds. The fraction of sp³-hybridized carbons (Fsp3) is 0. The van der Waals surface area contributed by atoms with Gasteiger partial charge in [-0.3, -0.25) is 0 Å². The standard InChI is InChI=1S/C6H6.CH3.5Y/c1-2-4-6-5-3-1;;;;;;/h1-6H;1H3;;;;;/q;-1;;;;;. The molecule has 0 heterocycles. The topological polar surface area (TPSA) is 0 Å². The van der Waals surface area contributed by atoms with Gasteiger partial charge in [0, 0.05) is 164 Å². The third-order valence-electron chi connectivity index (χ3n) is 0.667. The van der Waals surface area contributed by atoms with Gasteiger partial charge in [-0.05, 0) is 0 Å². The van der Waals surface area contributed by atoms with Gasteiger partial charge in [0.1, 0.15) is 0 Å². The first-order valence-corrected chi connectivity index (χ1v) is 2.00. The molecule has 1 rings (SSSR count). The molecule has 0 aliphatic carbocycles. The van der Waals surface area contributed by atoms with Crippen molar-refractivity contribution in [3.63, 3.8) is 0 Å². The first-order chi connectivity index (χ1) is 3.00. The predicted molar refractivity (Wildman–Crippen MR) is 32.9 cm³/mol. The van der Waals surface area contributed by atoms with Gasteiger partial charge in [0.2, 0.25) is 0 Å². The van der Waals surface area contributed by atoms with Gasteiger partial charge in [0.05, 0.1) is 0 Å². The Hall–Kier alpha value is 4.74. The monoisotopic (exact) mass is 538 g/mol. The summed E-state index contributed by atoms with van der Waals surface area (Å²) in [5.74, 6) is 0. The summed E-state index contributed by atoms with van der Waals surface area (Å²) in [5.41, 5.74) is 0. The van der Waals surface area contributed by atoms with E-state index in [1.165, 1.54) is 0 Å². The third kappa shape index (κ3) is 24.1. The maximum Gasteiger partial charge on any atom is 0 e. The molecule has 0 saturated carbocycles. The number of benzene rings is 1. The molecule has 53 valence electrons. The van der Waals surface area contributed by atoms with Crippen LogP contribution in [0, 0.1) is 7.43 Å². The fourth-order valence-corrected chi connectivity index (χ4v) is 0.385. The minimum absolute atomic E-state index is 0. The largest absolute Gasteiger partial charge is 0.358 e. The van der Waals surface area contributed by atoms with E-state index in [2.05, 4.69) is 0 Å². The Morgan fingerprint density at radius 3 is 0.500 bits per heavy atom. The van der Waals surface area contributed by atoms with Crippen LogP contribution in [0.1, 0.15) is 0 Å². The summed E-state index contributed by atoms with van der Waals surface area (Å²) in [5, 5.41) is 0. The maximum absolute atomic E-state index is 2.00. The maximum atomic E-state index is 2.00. The molecular formula is C7H9Y5-. The van der Waals surface area contributed by atoms with Gasteiger partial charge in [-0.15, -0.1) is 0 Å². The van der Waals surface area contributed by atoms with E-state index >= 15 is 0 Å². The van der Waals surface area contributed by atoms with Gasteiger partial charge in [-0.25, -0.2) is 0 Å². The predicted octanol–water partition coefficient (Wildman–Crippen LogP) is 2.12. The molecule has 0 N–H and O–H groups in total. The average molecular weight is 538 g/mol. The van der Waals surface area contributed by atoms with Crippen LogP contribution in [0.4, 0.5) is 0 Å². The summed E-state index contributed by atoms with van der Waals surface area (Å²) >= 11 is 0. The van der Waals surface area contributed by atoms with Crippen LogP contribution in [0.25, 0.3) is 0 Å². The van der Waals surface area contributed by atoms with Crippen LogP contribution in [0.2, 0.25) is 0 Å². The van der Waals surface area contributed by atoms with E-state index < -0.39 is 0 Å². The average Bonchev–Trinajstić information content (AvgIpc) is 1.72. The van der Waals surface area contributed by atoms with Crippen LogP contribution in [0.5, 0.6) is 0 Å². The zero-order valence-electron chi connectivity index (χ0n) is 7.35. The molecule has 0 aromatic heterocycles. The number of hydrogen-bond acceptors (Lipinski definition) is 0. The zero-order chi connectivity index (χ0) is 4.24. The summed E-state index contributed by atoms with van der Waals surface area (Å²) in [6.07, 6.45) is 0. The second-order valence-corrected chi connectivity index (χ2v) is 1.15. The molecule has 5 radical (unpaired) electrons. The Morgan fingerprint density at radius 2 is 0.417 bits per heavy atom. The van der Waals surface area contributed by atoms with E-state index in [0.717, 1.165) is 0 Å². The SMILES string of the molecule is [CH3-].[Y].[Y].[Y].[Y].[Y].c1ccccc1. The summed E-state index contributed by atoms with van der Waals surface area (Å²) in [6.45, 7) is 0. The van der Waals surface area contributed by atoms with E-state index in [4.69, 9.17) is 0 Å². The molecule has 0 fully saturated rings. The Morgan fingerprint density at radius 1 is 0.333 bits per heavy atom. The molecule has 0 spiro atoms. The van der Waals surface area contributed by atoms with Gasteiger partial charge in [-0.1, -0.05) is 36.4 Å². The Labute approximate surface area is 202 Å².